The van der Waals surface area contributed by atoms with Crippen molar-refractivity contribution in [2.45, 2.75) is 20.7 Å². The van der Waals surface area contributed by atoms with Crippen LogP contribution in [0.15, 0.2) is 18.1 Å². The molecule has 0 N–H and O–H groups in total. The van der Waals surface area contributed by atoms with E-state index in [1.54, 1.807) is 13.8 Å². The second-order valence-corrected chi connectivity index (χ2v) is 2.00. The van der Waals surface area contributed by atoms with Gasteiger partial charge >= 0.3 is 0 Å². The summed E-state index contributed by atoms with van der Waals surface area (Å²) in [5.74, 6) is 0. The molecule has 0 aliphatic carbocycles. The first-order chi connectivity index (χ1) is 6.68. The van der Waals surface area contributed by atoms with Crippen molar-refractivity contribution < 1.29 is 8.22 Å². The van der Waals surface area contributed by atoms with Gasteiger partial charge in [-0.1, -0.05) is 18.1 Å². The minimum atomic E-state index is -2.39. The van der Waals surface area contributed by atoms with Gasteiger partial charge in [-0.3, -0.25) is 0 Å². The molecule has 0 nitrogen and oxygen atoms in total. The molecule has 0 aliphatic heterocycles. The molecule has 0 spiro atoms. The van der Waals surface area contributed by atoms with E-state index in [0.29, 0.717) is 11.1 Å². The molecule has 0 heterocycles. The van der Waals surface area contributed by atoms with Crippen LogP contribution in [0.2, 0.25) is 0 Å². The number of rotatable bonds is 0. The predicted octanol–water partition coefficient (Wildman–Crippen LogP) is 2.61. The fraction of sp³-hybridized carbons (Fsp3) is 0.333. The van der Waals surface area contributed by atoms with Gasteiger partial charge in [0.15, 0.2) is 0 Å². The summed E-state index contributed by atoms with van der Waals surface area (Å²) in [6.45, 7) is 0.784. The Hall–Kier alpha value is -0.780. The molecular weight excluding hydrogens is 108 g/mol. The fourth-order valence-corrected chi connectivity index (χ4v) is 0.562. The zero-order valence-corrected chi connectivity index (χ0v) is 5.50. The number of benzene rings is 1. The highest BCUT2D eigenvalue weighted by atomic mass is 14.0. The maximum atomic E-state index is 7.56. The summed E-state index contributed by atoms with van der Waals surface area (Å²) in [6, 6.07) is -0.738. The van der Waals surface area contributed by atoms with Gasteiger partial charge in [0.25, 0.3) is 0 Å². The first-order valence-corrected chi connectivity index (χ1v) is 2.75. The lowest BCUT2D eigenvalue weighted by Crippen LogP contribution is -1.82. The Kier molecular flexibility index (Phi) is 0.522. The highest BCUT2D eigenvalue weighted by Crippen LogP contribution is 2.09. The SMILES string of the molecule is [2H]c1c([2H])c(C)c(C)c(C([2H])([2H])[2H])c1[2H]. The van der Waals surface area contributed by atoms with Crippen molar-refractivity contribution in [3.8, 4) is 0 Å². The molecule has 0 radical (unpaired) electrons. The van der Waals surface area contributed by atoms with Gasteiger partial charge in [0, 0.05) is 4.11 Å². The van der Waals surface area contributed by atoms with Gasteiger partial charge in [0.05, 0.1) is 4.11 Å². The molecule has 0 unspecified atom stereocenters. The number of hydrogen-bond donors (Lipinski definition) is 0. The third kappa shape index (κ3) is 1.13. The summed E-state index contributed by atoms with van der Waals surface area (Å²) in [4.78, 5) is 0. The highest BCUT2D eigenvalue weighted by Gasteiger charge is 1.91. The maximum Gasteiger partial charge on any atom is 0.0626 e. The zero-order valence-electron chi connectivity index (χ0n) is 11.5. The van der Waals surface area contributed by atoms with E-state index in [0.717, 1.165) is 0 Å². The average molecular weight is 126 g/mol. The van der Waals surface area contributed by atoms with Crippen LogP contribution < -0.4 is 0 Å². The molecule has 0 heteroatoms. The molecule has 1 aromatic rings. The average Bonchev–Trinajstić information content (AvgIpc) is 2.09. The minimum Gasteiger partial charge on any atom is -0.0617 e. The third-order valence-corrected chi connectivity index (χ3v) is 1.38. The standard InChI is InChI=1S/C9H12/c1-7-5-4-6-8(2)9(7)3/h4-6H,1-3H3/i1D3,4D,5D,6D. The summed E-state index contributed by atoms with van der Waals surface area (Å²) in [6.07, 6.45) is 0. The van der Waals surface area contributed by atoms with Crippen LogP contribution in [0.25, 0.3) is 0 Å². The van der Waals surface area contributed by atoms with Gasteiger partial charge in [-0.2, -0.15) is 0 Å². The van der Waals surface area contributed by atoms with Crippen molar-refractivity contribution in [2.24, 2.45) is 0 Å². The first-order valence-electron chi connectivity index (χ1n) is 5.75. The summed E-state index contributed by atoms with van der Waals surface area (Å²) in [5, 5.41) is 0. The molecule has 0 fully saturated rings. The van der Waals surface area contributed by atoms with Gasteiger partial charge in [-0.05, 0) is 37.4 Å². The van der Waals surface area contributed by atoms with Crippen LogP contribution >= 0.6 is 0 Å². The fourth-order valence-electron chi connectivity index (χ4n) is 0.562. The molecule has 1 aromatic carbocycles. The summed E-state index contributed by atoms with van der Waals surface area (Å²) in [7, 11) is 0. The summed E-state index contributed by atoms with van der Waals surface area (Å²) < 4.78 is 44.4. The lowest BCUT2D eigenvalue weighted by molar-refractivity contribution is 1.27. The molecule has 9 heavy (non-hydrogen) atoms. The van der Waals surface area contributed by atoms with Gasteiger partial charge in [0.1, 0.15) is 0 Å². The Balaban J connectivity index is 3.68. The van der Waals surface area contributed by atoms with Crippen LogP contribution in [0.5, 0.6) is 0 Å². The third-order valence-electron chi connectivity index (χ3n) is 1.38. The van der Waals surface area contributed by atoms with Crippen LogP contribution in [0, 0.1) is 20.7 Å². The van der Waals surface area contributed by atoms with E-state index in [9.17, 15) is 0 Å². The lowest BCUT2D eigenvalue weighted by Gasteiger charge is -2.00. The lowest BCUT2D eigenvalue weighted by atomic mass is 10.1. The second-order valence-electron chi connectivity index (χ2n) is 2.00. The Bertz CT molecular complexity index is 375. The van der Waals surface area contributed by atoms with Crippen LogP contribution in [0.3, 0.4) is 0 Å². The van der Waals surface area contributed by atoms with Crippen molar-refractivity contribution in [1.82, 2.24) is 0 Å². The van der Waals surface area contributed by atoms with Crippen LogP contribution in [0.1, 0.15) is 24.9 Å². The zero-order chi connectivity index (χ0) is 12.0. The smallest absolute Gasteiger partial charge is 0.0617 e. The van der Waals surface area contributed by atoms with Crippen molar-refractivity contribution in [3.05, 3.63) is 34.8 Å². The number of hydrogen-bond acceptors (Lipinski definition) is 0. The molecule has 0 atom stereocenters. The van der Waals surface area contributed by atoms with E-state index in [2.05, 4.69) is 0 Å². The van der Waals surface area contributed by atoms with Crippen LogP contribution in [-0.4, -0.2) is 0 Å². The van der Waals surface area contributed by atoms with Crippen LogP contribution in [-0.2, 0) is 0 Å². The molecule has 48 valence electrons. The molecule has 0 saturated carbocycles. The summed E-state index contributed by atoms with van der Waals surface area (Å²) >= 11 is 0. The van der Waals surface area contributed by atoms with Crippen LogP contribution in [0.4, 0.5) is 0 Å². The van der Waals surface area contributed by atoms with E-state index < -0.39 is 6.85 Å². The molecule has 1 rings (SSSR count). The quantitative estimate of drug-likeness (QED) is 0.501. The second kappa shape index (κ2) is 2.22. The van der Waals surface area contributed by atoms with E-state index in [1.165, 1.54) is 0 Å². The highest BCUT2D eigenvalue weighted by molar-refractivity contribution is 5.31. The maximum absolute atomic E-state index is 7.56. The van der Waals surface area contributed by atoms with E-state index in [4.69, 9.17) is 8.22 Å². The van der Waals surface area contributed by atoms with Crippen molar-refractivity contribution >= 4 is 0 Å². The monoisotopic (exact) mass is 126 g/mol. The van der Waals surface area contributed by atoms with E-state index >= 15 is 0 Å². The largest absolute Gasteiger partial charge is 0.0626 e. The molecule has 0 aliphatic rings. The van der Waals surface area contributed by atoms with E-state index in [1.807, 2.05) is 0 Å². The van der Waals surface area contributed by atoms with E-state index in [-0.39, 0.29) is 23.7 Å². The molecule has 0 aromatic heterocycles. The summed E-state index contributed by atoms with van der Waals surface area (Å²) in [5.41, 5.74) is 0.768. The predicted molar refractivity (Wildman–Crippen MR) is 40.7 cm³/mol. The Labute approximate surface area is 65.0 Å². The molecule has 0 saturated heterocycles. The Morgan fingerprint density at radius 3 is 2.67 bits per heavy atom. The molecule has 0 amide bonds. The van der Waals surface area contributed by atoms with Gasteiger partial charge in [-0.15, -0.1) is 0 Å². The Morgan fingerprint density at radius 2 is 2.00 bits per heavy atom. The topological polar surface area (TPSA) is 0 Å². The van der Waals surface area contributed by atoms with Gasteiger partial charge in [-0.25, -0.2) is 0 Å². The molecule has 0 bridgehead atoms. The Morgan fingerprint density at radius 1 is 1.33 bits per heavy atom. The van der Waals surface area contributed by atoms with Gasteiger partial charge in [0.2, 0.25) is 0 Å². The van der Waals surface area contributed by atoms with Gasteiger partial charge < -0.3 is 0 Å². The van der Waals surface area contributed by atoms with Crippen molar-refractivity contribution in [3.63, 3.8) is 0 Å². The first kappa shape index (κ1) is 2.12. The minimum absolute atomic E-state index is 0.0644. The normalized spacial score (nSPS) is 20.7. The molecular formula is C9H12. The van der Waals surface area contributed by atoms with Crippen molar-refractivity contribution in [1.29, 1.82) is 0 Å². The van der Waals surface area contributed by atoms with Crippen molar-refractivity contribution in [2.75, 3.05) is 0 Å².